The Morgan fingerprint density at radius 2 is 2.08 bits per heavy atom. The van der Waals surface area contributed by atoms with E-state index >= 15 is 0 Å². The lowest BCUT2D eigenvalue weighted by atomic mass is 10.1. The van der Waals surface area contributed by atoms with Crippen molar-refractivity contribution in [3.8, 4) is 5.75 Å². The first kappa shape index (κ1) is 16.5. The monoisotopic (exact) mass is 347 g/mol. The number of nitrogens with zero attached hydrogens (tertiary/aromatic N) is 3. The number of benzene rings is 1. The number of para-hydroxylation sites is 1. The standard InChI is InChI=1S/C16H21N5O2S/c1-10-4-3-5-11(2)14(10)23-12-8-21(9-12)16(22)18-7-6-13-19-20-15(17)24-13/h3-5,12H,6-9H2,1-2H3,(H2,17,20)(H,18,22). The van der Waals surface area contributed by atoms with Gasteiger partial charge in [0.2, 0.25) is 5.13 Å². The molecule has 0 bridgehead atoms. The number of aryl methyl sites for hydroxylation is 2. The van der Waals surface area contributed by atoms with Gasteiger partial charge in [-0.1, -0.05) is 29.5 Å². The van der Waals surface area contributed by atoms with Crippen LogP contribution in [0.3, 0.4) is 0 Å². The minimum absolute atomic E-state index is 0.0542. The number of anilines is 1. The third-order valence-corrected chi connectivity index (χ3v) is 4.74. The molecule has 0 atom stereocenters. The Kier molecular flexibility index (Phi) is 4.84. The van der Waals surface area contributed by atoms with Crippen LogP contribution in [0, 0.1) is 13.8 Å². The van der Waals surface area contributed by atoms with Crippen molar-refractivity contribution in [1.29, 1.82) is 0 Å². The third-order valence-electron chi connectivity index (χ3n) is 3.93. The number of rotatable bonds is 5. The fourth-order valence-corrected chi connectivity index (χ4v) is 3.19. The molecule has 1 aromatic heterocycles. The fraction of sp³-hybridized carbons (Fsp3) is 0.438. The summed E-state index contributed by atoms with van der Waals surface area (Å²) in [6.45, 7) is 5.79. The van der Waals surface area contributed by atoms with Crippen LogP contribution in [0.5, 0.6) is 5.75 Å². The maximum absolute atomic E-state index is 12.1. The van der Waals surface area contributed by atoms with E-state index in [1.807, 2.05) is 32.0 Å². The molecule has 0 spiro atoms. The van der Waals surface area contributed by atoms with Gasteiger partial charge in [0.15, 0.2) is 0 Å². The van der Waals surface area contributed by atoms with Gasteiger partial charge in [-0.3, -0.25) is 0 Å². The number of hydrogen-bond donors (Lipinski definition) is 2. The zero-order chi connectivity index (χ0) is 17.1. The van der Waals surface area contributed by atoms with Gasteiger partial charge < -0.3 is 20.7 Å². The fourth-order valence-electron chi connectivity index (χ4n) is 2.59. The molecular weight excluding hydrogens is 326 g/mol. The molecule has 1 aliphatic heterocycles. The average Bonchev–Trinajstić information content (AvgIpc) is 2.90. The first-order valence-electron chi connectivity index (χ1n) is 7.86. The summed E-state index contributed by atoms with van der Waals surface area (Å²) in [5.74, 6) is 0.927. The summed E-state index contributed by atoms with van der Waals surface area (Å²) in [6.07, 6.45) is 0.690. The zero-order valence-electron chi connectivity index (χ0n) is 13.8. The number of nitrogen functional groups attached to an aromatic ring is 1. The van der Waals surface area contributed by atoms with E-state index in [1.165, 1.54) is 11.3 Å². The molecule has 2 heterocycles. The van der Waals surface area contributed by atoms with Crippen molar-refractivity contribution in [1.82, 2.24) is 20.4 Å². The van der Waals surface area contributed by atoms with Crippen molar-refractivity contribution in [3.63, 3.8) is 0 Å². The van der Waals surface area contributed by atoms with Gasteiger partial charge in [-0.2, -0.15) is 0 Å². The minimum atomic E-state index is -0.0751. The number of carbonyl (C=O) groups excluding carboxylic acids is 1. The van der Waals surface area contributed by atoms with E-state index in [-0.39, 0.29) is 12.1 Å². The van der Waals surface area contributed by atoms with Crippen LogP contribution in [0.1, 0.15) is 16.1 Å². The highest BCUT2D eigenvalue weighted by Gasteiger charge is 2.32. The molecule has 3 rings (SSSR count). The zero-order valence-corrected chi connectivity index (χ0v) is 14.6. The number of urea groups is 1. The van der Waals surface area contributed by atoms with Gasteiger partial charge in [0.1, 0.15) is 16.9 Å². The van der Waals surface area contributed by atoms with Gasteiger partial charge in [-0.05, 0) is 25.0 Å². The van der Waals surface area contributed by atoms with Crippen molar-refractivity contribution in [2.24, 2.45) is 0 Å². The molecular formula is C16H21N5O2S. The molecule has 1 aliphatic rings. The van der Waals surface area contributed by atoms with E-state index < -0.39 is 0 Å². The smallest absolute Gasteiger partial charge is 0.317 e. The molecule has 1 saturated heterocycles. The number of nitrogens with two attached hydrogens (primary N) is 1. The third kappa shape index (κ3) is 3.76. The Morgan fingerprint density at radius 3 is 2.71 bits per heavy atom. The Hall–Kier alpha value is -2.35. The van der Waals surface area contributed by atoms with Crippen LogP contribution in [-0.4, -0.2) is 46.9 Å². The summed E-state index contributed by atoms with van der Waals surface area (Å²) in [6, 6.07) is 6.01. The Bertz CT molecular complexity index is 707. The largest absolute Gasteiger partial charge is 0.486 e. The molecule has 2 aromatic rings. The maximum Gasteiger partial charge on any atom is 0.317 e. The topological polar surface area (TPSA) is 93.4 Å². The SMILES string of the molecule is Cc1cccc(C)c1OC1CN(C(=O)NCCc2nnc(N)s2)C1. The molecule has 0 radical (unpaired) electrons. The Morgan fingerprint density at radius 1 is 1.38 bits per heavy atom. The molecule has 0 aliphatic carbocycles. The Labute approximate surface area is 144 Å². The molecule has 0 saturated carbocycles. The summed E-state index contributed by atoms with van der Waals surface area (Å²) in [7, 11) is 0. The van der Waals surface area contributed by atoms with Crippen molar-refractivity contribution >= 4 is 22.5 Å². The van der Waals surface area contributed by atoms with Crippen LogP contribution in [0.15, 0.2) is 18.2 Å². The lowest BCUT2D eigenvalue weighted by Crippen LogP contribution is -2.59. The number of amides is 2. The Balaban J connectivity index is 1.40. The maximum atomic E-state index is 12.1. The van der Waals surface area contributed by atoms with Crippen LogP contribution < -0.4 is 15.8 Å². The molecule has 7 nitrogen and oxygen atoms in total. The molecule has 0 unspecified atom stereocenters. The van der Waals surface area contributed by atoms with Crippen LogP contribution in [0.4, 0.5) is 9.93 Å². The van der Waals surface area contributed by atoms with E-state index in [2.05, 4.69) is 15.5 Å². The number of likely N-dealkylation sites (tertiary alicyclic amines) is 1. The van der Waals surface area contributed by atoms with Gasteiger partial charge in [-0.15, -0.1) is 10.2 Å². The summed E-state index contributed by atoms with van der Waals surface area (Å²) in [4.78, 5) is 13.8. The first-order valence-corrected chi connectivity index (χ1v) is 8.68. The number of ether oxygens (including phenoxy) is 1. The quantitative estimate of drug-likeness (QED) is 0.859. The summed E-state index contributed by atoms with van der Waals surface area (Å²) < 4.78 is 6.02. The second kappa shape index (κ2) is 7.04. The van der Waals surface area contributed by atoms with E-state index in [0.29, 0.717) is 31.2 Å². The summed E-state index contributed by atoms with van der Waals surface area (Å²) >= 11 is 1.34. The molecule has 2 amide bonds. The van der Waals surface area contributed by atoms with Gasteiger partial charge in [0.25, 0.3) is 0 Å². The number of nitrogens with one attached hydrogen (secondary N) is 1. The lowest BCUT2D eigenvalue weighted by molar-refractivity contribution is 0.0436. The lowest BCUT2D eigenvalue weighted by Gasteiger charge is -2.39. The highest BCUT2D eigenvalue weighted by atomic mass is 32.1. The average molecular weight is 347 g/mol. The molecule has 128 valence electrons. The van der Waals surface area contributed by atoms with Crippen molar-refractivity contribution < 1.29 is 9.53 Å². The second-order valence-electron chi connectivity index (χ2n) is 5.88. The minimum Gasteiger partial charge on any atom is -0.486 e. The van der Waals surface area contributed by atoms with Crippen molar-refractivity contribution in [2.45, 2.75) is 26.4 Å². The van der Waals surface area contributed by atoms with E-state index in [1.54, 1.807) is 4.90 Å². The molecule has 24 heavy (non-hydrogen) atoms. The second-order valence-corrected chi connectivity index (χ2v) is 6.98. The number of hydrogen-bond acceptors (Lipinski definition) is 6. The van der Waals surface area contributed by atoms with E-state index in [4.69, 9.17) is 10.5 Å². The van der Waals surface area contributed by atoms with Crippen LogP contribution in [0.2, 0.25) is 0 Å². The van der Waals surface area contributed by atoms with Gasteiger partial charge in [0, 0.05) is 13.0 Å². The van der Waals surface area contributed by atoms with Crippen LogP contribution in [0.25, 0.3) is 0 Å². The van der Waals surface area contributed by atoms with Crippen LogP contribution >= 0.6 is 11.3 Å². The predicted molar refractivity (Wildman–Crippen MR) is 93.3 cm³/mol. The van der Waals surface area contributed by atoms with Crippen LogP contribution in [-0.2, 0) is 6.42 Å². The van der Waals surface area contributed by atoms with E-state index in [0.717, 1.165) is 21.9 Å². The normalized spacial score (nSPS) is 14.3. The highest BCUT2D eigenvalue weighted by Crippen LogP contribution is 2.26. The van der Waals surface area contributed by atoms with E-state index in [9.17, 15) is 4.79 Å². The predicted octanol–water partition coefficient (Wildman–Crippen LogP) is 1.75. The highest BCUT2D eigenvalue weighted by molar-refractivity contribution is 7.15. The first-order chi connectivity index (χ1) is 11.5. The summed E-state index contributed by atoms with van der Waals surface area (Å²) in [5.41, 5.74) is 7.76. The molecule has 8 heteroatoms. The van der Waals surface area contributed by atoms with Crippen molar-refractivity contribution in [2.75, 3.05) is 25.4 Å². The molecule has 1 fully saturated rings. The number of aromatic nitrogens is 2. The van der Waals surface area contributed by atoms with Gasteiger partial charge in [-0.25, -0.2) is 4.79 Å². The van der Waals surface area contributed by atoms with Crippen molar-refractivity contribution in [3.05, 3.63) is 34.3 Å². The molecule has 3 N–H and O–H groups in total. The number of carbonyl (C=O) groups is 1. The van der Waals surface area contributed by atoms with Gasteiger partial charge in [0.05, 0.1) is 13.1 Å². The summed E-state index contributed by atoms with van der Waals surface area (Å²) in [5, 5.41) is 11.8. The molecule has 1 aromatic carbocycles. The van der Waals surface area contributed by atoms with Gasteiger partial charge >= 0.3 is 6.03 Å².